The van der Waals surface area contributed by atoms with Crippen molar-refractivity contribution in [1.29, 1.82) is 0 Å². The van der Waals surface area contributed by atoms with Crippen molar-refractivity contribution in [2.24, 2.45) is 5.73 Å². The van der Waals surface area contributed by atoms with E-state index in [0.717, 1.165) is 31.4 Å². The average Bonchev–Trinajstić information content (AvgIpc) is 2.46. The summed E-state index contributed by atoms with van der Waals surface area (Å²) in [7, 11) is 0. The molecular weight excluding hydrogens is 286 g/mol. The summed E-state index contributed by atoms with van der Waals surface area (Å²) in [4.78, 5) is 16.7. The number of hydrogen-bond donors (Lipinski definition) is 2. The van der Waals surface area contributed by atoms with Crippen LogP contribution < -0.4 is 11.1 Å². The number of carbonyl (C=O) groups is 1. The molecule has 1 heterocycles. The van der Waals surface area contributed by atoms with Crippen LogP contribution in [0.2, 0.25) is 0 Å². The van der Waals surface area contributed by atoms with Crippen molar-refractivity contribution in [1.82, 2.24) is 4.98 Å². The number of pyridine rings is 1. The Balaban J connectivity index is 2.28. The fraction of sp³-hybridized carbons (Fsp3) is 0.533. The van der Waals surface area contributed by atoms with Crippen LogP contribution in [-0.2, 0) is 22.4 Å². The SMILES string of the molecule is CCOC(=O)C(C)Nc1nc2c(cc1C(N)=S)CCCC2. The molecule has 0 amide bonds. The third-order valence-electron chi connectivity index (χ3n) is 3.56. The fourth-order valence-electron chi connectivity index (χ4n) is 2.46. The Bertz CT molecular complexity index is 560. The minimum Gasteiger partial charge on any atom is -0.464 e. The summed E-state index contributed by atoms with van der Waals surface area (Å²) in [5.74, 6) is 0.259. The molecule has 0 aliphatic heterocycles. The van der Waals surface area contributed by atoms with Gasteiger partial charge < -0.3 is 15.8 Å². The van der Waals surface area contributed by atoms with Crippen molar-refractivity contribution in [3.63, 3.8) is 0 Å². The standard InChI is InChI=1S/C15H21N3O2S/c1-3-20-15(19)9(2)17-14-11(13(16)21)8-10-6-4-5-7-12(10)18-14/h8-9H,3-7H2,1-2H3,(H2,16,21)(H,17,18). The van der Waals surface area contributed by atoms with Crippen LogP contribution in [0.25, 0.3) is 0 Å². The third kappa shape index (κ3) is 3.69. The first-order valence-electron chi connectivity index (χ1n) is 7.28. The second-order valence-corrected chi connectivity index (χ2v) is 5.62. The van der Waals surface area contributed by atoms with Crippen LogP contribution in [0.15, 0.2) is 6.07 Å². The number of aryl methyl sites for hydroxylation is 2. The van der Waals surface area contributed by atoms with Gasteiger partial charge in [0.2, 0.25) is 0 Å². The first kappa shape index (κ1) is 15.7. The Hall–Kier alpha value is -1.69. The van der Waals surface area contributed by atoms with Gasteiger partial charge in [0.25, 0.3) is 0 Å². The van der Waals surface area contributed by atoms with E-state index in [9.17, 15) is 4.79 Å². The summed E-state index contributed by atoms with van der Waals surface area (Å²) in [6, 6.07) is 1.51. The normalized spacial score (nSPS) is 15.0. The second kappa shape index (κ2) is 6.85. The predicted octanol–water partition coefficient (Wildman–Crippen LogP) is 1.96. The van der Waals surface area contributed by atoms with E-state index in [4.69, 9.17) is 22.7 Å². The molecule has 5 nitrogen and oxygen atoms in total. The number of ether oxygens (including phenoxy) is 1. The van der Waals surface area contributed by atoms with Crippen LogP contribution in [0, 0.1) is 0 Å². The van der Waals surface area contributed by atoms with Crippen LogP contribution in [-0.4, -0.2) is 28.6 Å². The van der Waals surface area contributed by atoms with Gasteiger partial charge in [-0.15, -0.1) is 0 Å². The molecule has 0 bridgehead atoms. The number of hydrogen-bond acceptors (Lipinski definition) is 5. The van der Waals surface area contributed by atoms with Gasteiger partial charge in [0, 0.05) is 5.69 Å². The van der Waals surface area contributed by atoms with Crippen LogP contribution in [0.5, 0.6) is 0 Å². The first-order chi connectivity index (χ1) is 10.0. The number of aromatic nitrogens is 1. The maximum Gasteiger partial charge on any atom is 0.328 e. The number of nitrogens with one attached hydrogen (secondary N) is 1. The molecule has 6 heteroatoms. The van der Waals surface area contributed by atoms with Crippen LogP contribution in [0.1, 0.15) is 43.5 Å². The van der Waals surface area contributed by atoms with Gasteiger partial charge in [-0.3, -0.25) is 0 Å². The number of carbonyl (C=O) groups excluding carboxylic acids is 1. The predicted molar refractivity (Wildman–Crippen MR) is 86.5 cm³/mol. The van der Waals surface area contributed by atoms with Crippen LogP contribution in [0.3, 0.4) is 0 Å². The van der Waals surface area contributed by atoms with E-state index in [-0.39, 0.29) is 11.0 Å². The molecule has 0 fully saturated rings. The lowest BCUT2D eigenvalue weighted by atomic mass is 9.94. The number of esters is 1. The van der Waals surface area contributed by atoms with Gasteiger partial charge >= 0.3 is 5.97 Å². The highest BCUT2D eigenvalue weighted by Crippen LogP contribution is 2.25. The molecule has 0 aromatic carbocycles. The third-order valence-corrected chi connectivity index (χ3v) is 3.78. The first-order valence-corrected chi connectivity index (χ1v) is 7.69. The average molecular weight is 307 g/mol. The molecule has 3 N–H and O–H groups in total. The number of nitrogens with two attached hydrogens (primary N) is 1. The monoisotopic (exact) mass is 307 g/mol. The number of fused-ring (bicyclic) bond motifs is 1. The molecule has 0 radical (unpaired) electrons. The highest BCUT2D eigenvalue weighted by Gasteiger charge is 2.20. The number of thiocarbonyl (C=S) groups is 1. The lowest BCUT2D eigenvalue weighted by molar-refractivity contribution is -0.143. The molecule has 1 aliphatic rings. The van der Waals surface area contributed by atoms with E-state index in [2.05, 4.69) is 10.3 Å². The lowest BCUT2D eigenvalue weighted by Gasteiger charge is -2.21. The smallest absolute Gasteiger partial charge is 0.328 e. The fourth-order valence-corrected chi connectivity index (χ4v) is 2.62. The highest BCUT2D eigenvalue weighted by atomic mass is 32.1. The number of nitrogens with zero attached hydrogens (tertiary/aromatic N) is 1. The molecule has 21 heavy (non-hydrogen) atoms. The minimum atomic E-state index is -0.493. The minimum absolute atomic E-state index is 0.287. The van der Waals surface area contributed by atoms with Gasteiger partial charge in [0.15, 0.2) is 0 Å². The Morgan fingerprint density at radius 1 is 1.52 bits per heavy atom. The van der Waals surface area contributed by atoms with Crippen LogP contribution >= 0.6 is 12.2 Å². The molecule has 2 rings (SSSR count). The summed E-state index contributed by atoms with van der Waals surface area (Å²) in [6.45, 7) is 3.87. The van der Waals surface area contributed by atoms with Crippen molar-refractivity contribution < 1.29 is 9.53 Å². The summed E-state index contributed by atoms with van der Waals surface area (Å²) in [6.07, 6.45) is 4.26. The lowest BCUT2D eigenvalue weighted by Crippen LogP contribution is -2.30. The van der Waals surface area contributed by atoms with E-state index < -0.39 is 6.04 Å². The molecule has 0 saturated heterocycles. The maximum absolute atomic E-state index is 11.7. The van der Waals surface area contributed by atoms with Crippen molar-refractivity contribution in [3.05, 3.63) is 22.9 Å². The Morgan fingerprint density at radius 3 is 2.90 bits per heavy atom. The topological polar surface area (TPSA) is 77.2 Å². The Morgan fingerprint density at radius 2 is 2.24 bits per heavy atom. The van der Waals surface area contributed by atoms with E-state index in [1.165, 1.54) is 5.56 Å². The van der Waals surface area contributed by atoms with Gasteiger partial charge in [0.1, 0.15) is 16.8 Å². The Kier molecular flexibility index (Phi) is 5.12. The van der Waals surface area contributed by atoms with E-state index in [1.807, 2.05) is 6.07 Å². The largest absolute Gasteiger partial charge is 0.464 e. The molecule has 1 atom stereocenters. The maximum atomic E-state index is 11.7. The molecule has 1 aromatic heterocycles. The second-order valence-electron chi connectivity index (χ2n) is 5.18. The number of rotatable bonds is 5. The van der Waals surface area contributed by atoms with Gasteiger partial charge in [-0.25, -0.2) is 9.78 Å². The van der Waals surface area contributed by atoms with Crippen molar-refractivity contribution in [2.75, 3.05) is 11.9 Å². The van der Waals surface area contributed by atoms with Gasteiger partial charge in [0.05, 0.1) is 12.2 Å². The van der Waals surface area contributed by atoms with Gasteiger partial charge in [-0.05, 0) is 51.2 Å². The van der Waals surface area contributed by atoms with Crippen molar-refractivity contribution in [3.8, 4) is 0 Å². The molecular formula is C15H21N3O2S. The summed E-state index contributed by atoms with van der Waals surface area (Å²) < 4.78 is 5.00. The highest BCUT2D eigenvalue weighted by molar-refractivity contribution is 7.80. The van der Waals surface area contributed by atoms with E-state index in [0.29, 0.717) is 18.0 Å². The molecule has 0 spiro atoms. The molecule has 1 unspecified atom stereocenters. The Labute approximate surface area is 130 Å². The summed E-state index contributed by atoms with van der Waals surface area (Å²) in [5.41, 5.74) is 8.77. The quantitative estimate of drug-likeness (QED) is 0.639. The van der Waals surface area contributed by atoms with Gasteiger partial charge in [-0.2, -0.15) is 0 Å². The molecule has 114 valence electrons. The van der Waals surface area contributed by atoms with Crippen molar-refractivity contribution in [2.45, 2.75) is 45.6 Å². The zero-order chi connectivity index (χ0) is 15.4. The summed E-state index contributed by atoms with van der Waals surface area (Å²) >= 11 is 5.11. The number of anilines is 1. The van der Waals surface area contributed by atoms with Crippen LogP contribution in [0.4, 0.5) is 5.82 Å². The van der Waals surface area contributed by atoms with E-state index >= 15 is 0 Å². The summed E-state index contributed by atoms with van der Waals surface area (Å²) in [5, 5.41) is 3.07. The molecule has 1 aliphatic carbocycles. The van der Waals surface area contributed by atoms with Crippen molar-refractivity contribution >= 4 is 29.0 Å². The zero-order valence-electron chi connectivity index (χ0n) is 12.4. The van der Waals surface area contributed by atoms with Gasteiger partial charge in [-0.1, -0.05) is 12.2 Å². The molecule has 1 aromatic rings. The zero-order valence-corrected chi connectivity index (χ0v) is 13.3. The molecule has 0 saturated carbocycles. The van der Waals surface area contributed by atoms with E-state index in [1.54, 1.807) is 13.8 Å².